The third-order valence-electron chi connectivity index (χ3n) is 6.27. The molecule has 0 saturated carbocycles. The molecule has 0 aliphatic carbocycles. The lowest BCUT2D eigenvalue weighted by Gasteiger charge is -2.37. The number of aryl methyl sites for hydroxylation is 2. The fraction of sp³-hybridized carbons (Fsp3) is 0.531. The van der Waals surface area contributed by atoms with Crippen LogP contribution in [0.3, 0.4) is 0 Å². The van der Waals surface area contributed by atoms with Crippen LogP contribution in [0.1, 0.15) is 89.6 Å². The lowest BCUT2D eigenvalue weighted by atomic mass is 9.92. The van der Waals surface area contributed by atoms with Crippen LogP contribution in [-0.2, 0) is 20.7 Å². The van der Waals surface area contributed by atoms with Crippen molar-refractivity contribution in [3.8, 4) is 5.75 Å². The molecule has 3 N–H and O–H groups in total. The molecule has 0 aliphatic heterocycles. The minimum atomic E-state index is -1.01. The highest BCUT2D eigenvalue weighted by atomic mass is 16.6. The number of rotatable bonds is 10. The van der Waals surface area contributed by atoms with Gasteiger partial charge in [-0.05, 0) is 96.2 Å². The zero-order chi connectivity index (χ0) is 30.3. The summed E-state index contributed by atoms with van der Waals surface area (Å²) < 4.78 is 5.49. The van der Waals surface area contributed by atoms with Crippen LogP contribution in [0, 0.1) is 13.8 Å². The average Bonchev–Trinajstić information content (AvgIpc) is 2.81. The van der Waals surface area contributed by atoms with Crippen molar-refractivity contribution in [2.75, 3.05) is 6.54 Å². The van der Waals surface area contributed by atoms with Gasteiger partial charge in [0.1, 0.15) is 23.4 Å². The van der Waals surface area contributed by atoms with Gasteiger partial charge in [-0.1, -0.05) is 43.7 Å². The molecule has 0 aliphatic rings. The number of amides is 3. The molecule has 0 radical (unpaired) electrons. The standard InChI is InChI=1S/C32H47N3O5/c1-10-11-19-35(27(28(37)34-31(4,5)6)26-21(2)13-12-14-22(26)3)29(38)25(33-30(39)40-32(7,8)9)20-23-15-17-24(36)18-16-23/h12-18,25,27,36H,10-11,19-20H2,1-9H3,(H,33,39)(H,34,37). The number of nitrogens with zero attached hydrogens (tertiary/aromatic N) is 1. The first-order valence-electron chi connectivity index (χ1n) is 14.0. The maximum Gasteiger partial charge on any atom is 0.408 e. The first-order valence-corrected chi connectivity index (χ1v) is 14.0. The number of aromatic hydroxyl groups is 1. The number of nitrogens with one attached hydrogen (secondary N) is 2. The molecule has 2 unspecified atom stereocenters. The molecule has 40 heavy (non-hydrogen) atoms. The summed E-state index contributed by atoms with van der Waals surface area (Å²) in [7, 11) is 0. The molecule has 2 aromatic carbocycles. The van der Waals surface area contributed by atoms with E-state index in [0.29, 0.717) is 13.0 Å². The second-order valence-electron chi connectivity index (χ2n) is 12.4. The van der Waals surface area contributed by atoms with Crippen LogP contribution in [0.15, 0.2) is 42.5 Å². The van der Waals surface area contributed by atoms with Crippen molar-refractivity contribution in [2.45, 2.75) is 105 Å². The van der Waals surface area contributed by atoms with E-state index in [9.17, 15) is 19.5 Å². The Hall–Kier alpha value is -3.55. The summed E-state index contributed by atoms with van der Waals surface area (Å²) in [6, 6.07) is 10.4. The molecule has 2 aromatic rings. The smallest absolute Gasteiger partial charge is 0.408 e. The van der Waals surface area contributed by atoms with E-state index in [2.05, 4.69) is 10.6 Å². The minimum absolute atomic E-state index is 0.102. The van der Waals surface area contributed by atoms with Crippen LogP contribution in [0.4, 0.5) is 4.79 Å². The fourth-order valence-corrected chi connectivity index (χ4v) is 4.54. The Morgan fingerprint density at radius 3 is 2.02 bits per heavy atom. The monoisotopic (exact) mass is 553 g/mol. The first-order chi connectivity index (χ1) is 18.5. The van der Waals surface area contributed by atoms with Gasteiger partial charge < -0.3 is 25.4 Å². The number of hydrogen-bond acceptors (Lipinski definition) is 5. The molecule has 0 saturated heterocycles. The van der Waals surface area contributed by atoms with Crippen LogP contribution in [-0.4, -0.2) is 51.6 Å². The van der Waals surface area contributed by atoms with Crippen LogP contribution in [0.25, 0.3) is 0 Å². The van der Waals surface area contributed by atoms with Gasteiger partial charge in [-0.3, -0.25) is 9.59 Å². The number of benzene rings is 2. The summed E-state index contributed by atoms with van der Waals surface area (Å²) in [6.07, 6.45) is 0.921. The van der Waals surface area contributed by atoms with Crippen molar-refractivity contribution < 1.29 is 24.2 Å². The van der Waals surface area contributed by atoms with Gasteiger partial charge in [0.05, 0.1) is 0 Å². The summed E-state index contributed by atoms with van der Waals surface area (Å²) in [4.78, 5) is 42.9. The Bertz CT molecular complexity index is 1140. The summed E-state index contributed by atoms with van der Waals surface area (Å²) in [5.74, 6) is -0.565. The summed E-state index contributed by atoms with van der Waals surface area (Å²) in [6.45, 7) is 17.2. The molecule has 3 amide bonds. The molecule has 0 bridgehead atoms. The SMILES string of the molecule is CCCCN(C(=O)C(Cc1ccc(O)cc1)NC(=O)OC(C)(C)C)C(C(=O)NC(C)(C)C)c1c(C)cccc1C. The van der Waals surface area contributed by atoms with E-state index in [1.165, 1.54) is 12.1 Å². The Morgan fingerprint density at radius 1 is 0.950 bits per heavy atom. The van der Waals surface area contributed by atoms with Crippen molar-refractivity contribution in [3.05, 3.63) is 64.7 Å². The maximum absolute atomic E-state index is 14.5. The highest BCUT2D eigenvalue weighted by Gasteiger charge is 2.38. The Kier molecular flexibility index (Phi) is 11.2. The van der Waals surface area contributed by atoms with Gasteiger partial charge in [0.15, 0.2) is 0 Å². The Balaban J connectivity index is 2.64. The van der Waals surface area contributed by atoms with Crippen LogP contribution in [0.2, 0.25) is 0 Å². The molecular weight excluding hydrogens is 506 g/mol. The first kappa shape index (κ1) is 32.7. The van der Waals surface area contributed by atoms with Crippen LogP contribution < -0.4 is 10.6 Å². The van der Waals surface area contributed by atoms with Gasteiger partial charge >= 0.3 is 6.09 Å². The van der Waals surface area contributed by atoms with Crippen LogP contribution in [0.5, 0.6) is 5.75 Å². The highest BCUT2D eigenvalue weighted by Crippen LogP contribution is 2.30. The van der Waals surface area contributed by atoms with Crippen molar-refractivity contribution >= 4 is 17.9 Å². The zero-order valence-corrected chi connectivity index (χ0v) is 25.6. The maximum atomic E-state index is 14.5. The summed E-state index contributed by atoms with van der Waals surface area (Å²) in [5, 5.41) is 15.6. The predicted octanol–water partition coefficient (Wildman–Crippen LogP) is 5.73. The Morgan fingerprint density at radius 2 is 1.52 bits per heavy atom. The topological polar surface area (TPSA) is 108 Å². The third-order valence-corrected chi connectivity index (χ3v) is 6.27. The van der Waals surface area contributed by atoms with Gasteiger partial charge in [0.2, 0.25) is 11.8 Å². The van der Waals surface area contributed by atoms with E-state index in [1.807, 2.05) is 59.7 Å². The molecule has 0 spiro atoms. The van der Waals surface area contributed by atoms with E-state index in [-0.39, 0.29) is 24.0 Å². The van der Waals surface area contributed by atoms with E-state index in [1.54, 1.807) is 37.8 Å². The largest absolute Gasteiger partial charge is 0.508 e. The summed E-state index contributed by atoms with van der Waals surface area (Å²) >= 11 is 0. The predicted molar refractivity (Wildman–Crippen MR) is 158 cm³/mol. The number of phenolic OH excluding ortho intramolecular Hbond substituents is 1. The Labute approximate surface area is 239 Å². The van der Waals surface area contributed by atoms with E-state index >= 15 is 0 Å². The molecule has 0 aromatic heterocycles. The third kappa shape index (κ3) is 9.88. The van der Waals surface area contributed by atoms with Crippen molar-refractivity contribution in [1.82, 2.24) is 15.5 Å². The van der Waals surface area contributed by atoms with Crippen molar-refractivity contribution in [2.24, 2.45) is 0 Å². The molecule has 220 valence electrons. The van der Waals surface area contributed by atoms with Gasteiger partial charge in [0.25, 0.3) is 0 Å². The number of phenols is 1. The molecular formula is C32H47N3O5. The number of ether oxygens (including phenoxy) is 1. The average molecular weight is 554 g/mol. The van der Waals surface area contributed by atoms with Gasteiger partial charge in [-0.25, -0.2) is 4.79 Å². The van der Waals surface area contributed by atoms with E-state index < -0.39 is 29.3 Å². The normalized spacial score (nSPS) is 13.2. The van der Waals surface area contributed by atoms with Gasteiger partial charge in [-0.15, -0.1) is 0 Å². The summed E-state index contributed by atoms with van der Waals surface area (Å²) in [5.41, 5.74) is 2.04. The number of alkyl carbamates (subject to hydrolysis) is 1. The highest BCUT2D eigenvalue weighted by molar-refractivity contribution is 5.93. The van der Waals surface area contributed by atoms with Crippen molar-refractivity contribution in [1.29, 1.82) is 0 Å². The molecule has 0 heterocycles. The van der Waals surface area contributed by atoms with Crippen LogP contribution >= 0.6 is 0 Å². The fourth-order valence-electron chi connectivity index (χ4n) is 4.54. The number of hydrogen-bond donors (Lipinski definition) is 3. The lowest BCUT2D eigenvalue weighted by molar-refractivity contribution is -0.143. The zero-order valence-electron chi connectivity index (χ0n) is 25.6. The second kappa shape index (κ2) is 13.7. The number of unbranched alkanes of at least 4 members (excludes halogenated alkanes) is 1. The molecule has 8 nitrogen and oxygen atoms in total. The van der Waals surface area contributed by atoms with Crippen molar-refractivity contribution in [3.63, 3.8) is 0 Å². The van der Waals surface area contributed by atoms with Gasteiger partial charge in [-0.2, -0.15) is 0 Å². The minimum Gasteiger partial charge on any atom is -0.508 e. The molecule has 8 heteroatoms. The van der Waals surface area contributed by atoms with Gasteiger partial charge in [0, 0.05) is 18.5 Å². The molecule has 2 atom stereocenters. The quantitative estimate of drug-likeness (QED) is 0.348. The number of carbonyl (C=O) groups excluding carboxylic acids is 3. The second-order valence-corrected chi connectivity index (χ2v) is 12.4. The van der Waals surface area contributed by atoms with E-state index in [4.69, 9.17) is 4.74 Å². The van der Waals surface area contributed by atoms with E-state index in [0.717, 1.165) is 28.7 Å². The number of carbonyl (C=O) groups is 3. The molecule has 2 rings (SSSR count). The molecule has 0 fully saturated rings. The lowest BCUT2D eigenvalue weighted by Crippen LogP contribution is -2.55.